The fourth-order valence-electron chi connectivity index (χ4n) is 5.44. The second kappa shape index (κ2) is 7.67. The minimum atomic E-state index is 0.323. The molecule has 1 N–H and O–H groups in total. The molecule has 2 unspecified atom stereocenters. The van der Waals surface area contributed by atoms with Crippen molar-refractivity contribution in [3.63, 3.8) is 0 Å². The van der Waals surface area contributed by atoms with E-state index in [4.69, 9.17) is 0 Å². The largest absolute Gasteiger partial charge is 0.361 e. The number of para-hydroxylation sites is 1. The number of benzene rings is 1. The van der Waals surface area contributed by atoms with E-state index in [1.54, 1.807) is 0 Å². The molecule has 4 heteroatoms. The lowest BCUT2D eigenvalue weighted by Gasteiger charge is -2.27. The summed E-state index contributed by atoms with van der Waals surface area (Å²) in [5.41, 5.74) is 2.51. The summed E-state index contributed by atoms with van der Waals surface area (Å²) >= 11 is 0. The lowest BCUT2D eigenvalue weighted by molar-refractivity contribution is -0.132. The molecule has 1 aromatic heterocycles. The SMILES string of the molecule is CN(C)C1C[C@@H]2CC(N(C)C(=O)CCCc3c[nH]c4ccccc34)C[C@@H]2C1. The third-order valence-electron chi connectivity index (χ3n) is 7.15. The van der Waals surface area contributed by atoms with Gasteiger partial charge in [0, 0.05) is 42.7 Å². The molecule has 4 rings (SSSR count). The van der Waals surface area contributed by atoms with Crippen LogP contribution in [0.5, 0.6) is 0 Å². The number of aromatic amines is 1. The van der Waals surface area contributed by atoms with E-state index in [0.29, 0.717) is 18.4 Å². The quantitative estimate of drug-likeness (QED) is 0.836. The normalized spacial score (nSPS) is 27.4. The topological polar surface area (TPSA) is 39.3 Å². The molecule has 1 heterocycles. The molecule has 2 aliphatic rings. The summed E-state index contributed by atoms with van der Waals surface area (Å²) in [5.74, 6) is 1.97. The number of nitrogens with one attached hydrogen (secondary N) is 1. The number of H-pyrrole nitrogens is 1. The monoisotopic (exact) mass is 367 g/mol. The van der Waals surface area contributed by atoms with Gasteiger partial charge in [0.1, 0.15) is 0 Å². The number of rotatable bonds is 6. The number of nitrogens with zero attached hydrogens (tertiary/aromatic N) is 2. The van der Waals surface area contributed by atoms with Gasteiger partial charge in [0.05, 0.1) is 0 Å². The Morgan fingerprint density at radius 2 is 1.70 bits per heavy atom. The first-order valence-corrected chi connectivity index (χ1v) is 10.5. The molecule has 2 aromatic rings. The van der Waals surface area contributed by atoms with E-state index in [0.717, 1.165) is 30.7 Å². The van der Waals surface area contributed by atoms with E-state index in [2.05, 4.69) is 59.3 Å². The van der Waals surface area contributed by atoms with Gasteiger partial charge in [0.2, 0.25) is 5.91 Å². The van der Waals surface area contributed by atoms with E-state index < -0.39 is 0 Å². The fraction of sp³-hybridized carbons (Fsp3) is 0.609. The minimum Gasteiger partial charge on any atom is -0.361 e. The van der Waals surface area contributed by atoms with Gasteiger partial charge >= 0.3 is 0 Å². The van der Waals surface area contributed by atoms with E-state index >= 15 is 0 Å². The van der Waals surface area contributed by atoms with Crippen molar-refractivity contribution in [1.82, 2.24) is 14.8 Å². The van der Waals surface area contributed by atoms with Crippen LogP contribution >= 0.6 is 0 Å². The molecule has 1 amide bonds. The number of hydrogen-bond acceptors (Lipinski definition) is 2. The maximum atomic E-state index is 12.7. The van der Waals surface area contributed by atoms with Crippen LogP contribution in [0.25, 0.3) is 10.9 Å². The zero-order valence-corrected chi connectivity index (χ0v) is 16.9. The highest BCUT2D eigenvalue weighted by Gasteiger charge is 2.43. The van der Waals surface area contributed by atoms with Crippen molar-refractivity contribution in [3.8, 4) is 0 Å². The Labute approximate surface area is 162 Å². The van der Waals surface area contributed by atoms with E-state index in [-0.39, 0.29) is 0 Å². The molecule has 0 saturated heterocycles. The van der Waals surface area contributed by atoms with Gasteiger partial charge < -0.3 is 14.8 Å². The van der Waals surface area contributed by atoms with Crippen LogP contribution < -0.4 is 0 Å². The van der Waals surface area contributed by atoms with Gasteiger partial charge in [0.25, 0.3) is 0 Å². The molecular formula is C23H33N3O. The third-order valence-corrected chi connectivity index (χ3v) is 7.15. The molecule has 1 aromatic carbocycles. The molecule has 2 fully saturated rings. The summed E-state index contributed by atoms with van der Waals surface area (Å²) in [6.45, 7) is 0. The first-order chi connectivity index (χ1) is 13.0. The van der Waals surface area contributed by atoms with Crippen molar-refractivity contribution in [3.05, 3.63) is 36.0 Å². The average molecular weight is 368 g/mol. The highest BCUT2D eigenvalue weighted by molar-refractivity contribution is 5.83. The smallest absolute Gasteiger partial charge is 0.222 e. The summed E-state index contributed by atoms with van der Waals surface area (Å²) < 4.78 is 0. The first kappa shape index (κ1) is 18.5. The van der Waals surface area contributed by atoms with Crippen LogP contribution in [0.4, 0.5) is 0 Å². The number of hydrogen-bond donors (Lipinski definition) is 1. The summed E-state index contributed by atoms with van der Waals surface area (Å²) in [6, 6.07) is 9.61. The van der Waals surface area contributed by atoms with Gasteiger partial charge in [-0.25, -0.2) is 0 Å². The van der Waals surface area contributed by atoms with Gasteiger partial charge in [-0.15, -0.1) is 0 Å². The molecular weight excluding hydrogens is 334 g/mol. The number of carbonyl (C=O) groups is 1. The Hall–Kier alpha value is -1.81. The van der Waals surface area contributed by atoms with Crippen LogP contribution in [0.3, 0.4) is 0 Å². The van der Waals surface area contributed by atoms with Crippen molar-refractivity contribution in [2.24, 2.45) is 11.8 Å². The molecule has 27 heavy (non-hydrogen) atoms. The van der Waals surface area contributed by atoms with Gasteiger partial charge in [-0.3, -0.25) is 4.79 Å². The van der Waals surface area contributed by atoms with Crippen molar-refractivity contribution in [2.45, 2.75) is 57.0 Å². The molecule has 2 saturated carbocycles. The van der Waals surface area contributed by atoms with Crippen molar-refractivity contribution in [1.29, 1.82) is 0 Å². The van der Waals surface area contributed by atoms with Crippen LogP contribution in [0.1, 0.15) is 44.1 Å². The number of aromatic nitrogens is 1. The molecule has 0 spiro atoms. The van der Waals surface area contributed by atoms with Crippen LogP contribution in [-0.4, -0.2) is 53.9 Å². The van der Waals surface area contributed by atoms with Gasteiger partial charge in [-0.1, -0.05) is 18.2 Å². The maximum absolute atomic E-state index is 12.7. The predicted octanol–water partition coefficient (Wildman–Crippen LogP) is 4.07. The summed E-state index contributed by atoms with van der Waals surface area (Å²) in [4.78, 5) is 20.5. The maximum Gasteiger partial charge on any atom is 0.222 e. The second-order valence-electron chi connectivity index (χ2n) is 8.95. The highest BCUT2D eigenvalue weighted by Crippen LogP contribution is 2.46. The zero-order valence-electron chi connectivity index (χ0n) is 16.9. The fourth-order valence-corrected chi connectivity index (χ4v) is 5.44. The van der Waals surface area contributed by atoms with Crippen LogP contribution in [0.15, 0.2) is 30.5 Å². The first-order valence-electron chi connectivity index (χ1n) is 10.5. The number of amides is 1. The molecule has 4 nitrogen and oxygen atoms in total. The Balaban J connectivity index is 1.26. The minimum absolute atomic E-state index is 0.323. The van der Waals surface area contributed by atoms with Crippen molar-refractivity contribution >= 4 is 16.8 Å². The second-order valence-corrected chi connectivity index (χ2v) is 8.95. The Morgan fingerprint density at radius 3 is 2.41 bits per heavy atom. The third kappa shape index (κ3) is 3.77. The summed E-state index contributed by atoms with van der Waals surface area (Å²) in [5, 5.41) is 1.29. The van der Waals surface area contributed by atoms with E-state index in [9.17, 15) is 4.79 Å². The molecule has 2 aliphatic carbocycles. The van der Waals surface area contributed by atoms with Crippen LogP contribution in [0.2, 0.25) is 0 Å². The summed E-state index contributed by atoms with van der Waals surface area (Å²) in [7, 11) is 6.43. The molecule has 4 atom stereocenters. The van der Waals surface area contributed by atoms with Crippen LogP contribution in [-0.2, 0) is 11.2 Å². The predicted molar refractivity (Wildman–Crippen MR) is 111 cm³/mol. The molecule has 0 aliphatic heterocycles. The lowest BCUT2D eigenvalue weighted by Crippen LogP contribution is -2.36. The molecule has 146 valence electrons. The Kier molecular flexibility index (Phi) is 5.27. The number of aryl methyl sites for hydroxylation is 1. The van der Waals surface area contributed by atoms with Crippen LogP contribution in [0, 0.1) is 11.8 Å². The van der Waals surface area contributed by atoms with Crippen molar-refractivity contribution in [2.75, 3.05) is 21.1 Å². The van der Waals surface area contributed by atoms with E-state index in [1.807, 2.05) is 7.05 Å². The van der Waals surface area contributed by atoms with E-state index in [1.165, 1.54) is 42.1 Å². The molecule has 0 radical (unpaired) electrons. The highest BCUT2D eigenvalue weighted by atomic mass is 16.2. The summed E-state index contributed by atoms with van der Waals surface area (Å²) in [6.07, 6.45) is 9.69. The van der Waals surface area contributed by atoms with Gasteiger partial charge in [-0.05, 0) is 76.1 Å². The van der Waals surface area contributed by atoms with Gasteiger partial charge in [-0.2, -0.15) is 0 Å². The van der Waals surface area contributed by atoms with Gasteiger partial charge in [0.15, 0.2) is 0 Å². The Morgan fingerprint density at radius 1 is 1.04 bits per heavy atom. The average Bonchev–Trinajstić information content (AvgIpc) is 3.34. The Bertz CT molecular complexity index is 782. The lowest BCUT2D eigenvalue weighted by atomic mass is 10.0. The van der Waals surface area contributed by atoms with Crippen molar-refractivity contribution < 1.29 is 4.79 Å². The number of carbonyl (C=O) groups excluding carboxylic acids is 1. The molecule has 0 bridgehead atoms. The zero-order chi connectivity index (χ0) is 19.0. The standard InChI is InChI=1S/C23H33N3O/c1-25(2)19-11-17-13-20(14-18(17)12-19)26(3)23(27)10-6-7-16-15-24-22-9-5-4-8-21(16)22/h4-5,8-9,15,17-20,24H,6-7,10-14H2,1-3H3/t17-,18+,19?,20?. The number of fused-ring (bicyclic) bond motifs is 2.